The lowest BCUT2D eigenvalue weighted by atomic mass is 10.1. The average molecular weight is 488 g/mol. The standard InChI is InChI=1S/C22H20BrClN4O2/c1-13-6-5-7-15(24)19(13)28(21(29)30-22(2,3)4)20-18-11-25-12-27(18)17-10-14(23)8-9-16(17)26-20/h5-12H,1-4H3. The van der Waals surface area contributed by atoms with Gasteiger partial charge in [0.2, 0.25) is 0 Å². The van der Waals surface area contributed by atoms with Crippen molar-refractivity contribution in [2.45, 2.75) is 33.3 Å². The van der Waals surface area contributed by atoms with E-state index in [1.165, 1.54) is 4.90 Å². The van der Waals surface area contributed by atoms with Gasteiger partial charge in [0.1, 0.15) is 11.1 Å². The molecule has 1 amide bonds. The van der Waals surface area contributed by atoms with E-state index in [0.717, 1.165) is 15.6 Å². The Balaban J connectivity index is 2.04. The van der Waals surface area contributed by atoms with Crippen LogP contribution >= 0.6 is 27.5 Å². The van der Waals surface area contributed by atoms with Crippen molar-refractivity contribution in [2.75, 3.05) is 4.90 Å². The van der Waals surface area contributed by atoms with Gasteiger partial charge >= 0.3 is 6.09 Å². The number of ether oxygens (including phenoxy) is 1. The summed E-state index contributed by atoms with van der Waals surface area (Å²) >= 11 is 10.1. The fourth-order valence-electron chi connectivity index (χ4n) is 3.27. The lowest BCUT2D eigenvalue weighted by Crippen LogP contribution is -2.35. The van der Waals surface area contributed by atoms with Gasteiger partial charge in [-0.3, -0.25) is 4.40 Å². The van der Waals surface area contributed by atoms with E-state index in [1.807, 2.05) is 62.4 Å². The number of carbonyl (C=O) groups is 1. The maximum atomic E-state index is 13.4. The van der Waals surface area contributed by atoms with Crippen molar-refractivity contribution in [3.8, 4) is 0 Å². The molecule has 4 rings (SSSR count). The van der Waals surface area contributed by atoms with E-state index >= 15 is 0 Å². The number of aryl methyl sites for hydroxylation is 1. The van der Waals surface area contributed by atoms with E-state index < -0.39 is 11.7 Å². The van der Waals surface area contributed by atoms with Crippen LogP contribution in [0, 0.1) is 6.92 Å². The molecule has 4 aromatic rings. The first-order valence-corrected chi connectivity index (χ1v) is 10.5. The van der Waals surface area contributed by atoms with Crippen LogP contribution in [-0.4, -0.2) is 26.1 Å². The molecule has 30 heavy (non-hydrogen) atoms. The third-order valence-electron chi connectivity index (χ3n) is 4.49. The molecular formula is C22H20BrClN4O2. The number of hydrogen-bond acceptors (Lipinski definition) is 4. The molecular weight excluding hydrogens is 468 g/mol. The van der Waals surface area contributed by atoms with Crippen LogP contribution in [0.2, 0.25) is 5.02 Å². The molecule has 2 aromatic heterocycles. The van der Waals surface area contributed by atoms with Crippen LogP contribution in [0.5, 0.6) is 0 Å². The highest BCUT2D eigenvalue weighted by atomic mass is 79.9. The Morgan fingerprint density at radius 3 is 2.67 bits per heavy atom. The Hall–Kier alpha value is -2.64. The van der Waals surface area contributed by atoms with Crippen molar-refractivity contribution in [1.29, 1.82) is 0 Å². The minimum Gasteiger partial charge on any atom is -0.443 e. The van der Waals surface area contributed by atoms with Gasteiger partial charge < -0.3 is 4.74 Å². The number of para-hydroxylation sites is 1. The zero-order chi connectivity index (χ0) is 21.6. The van der Waals surface area contributed by atoms with E-state index in [1.54, 1.807) is 18.6 Å². The molecule has 0 saturated heterocycles. The SMILES string of the molecule is Cc1cccc(Cl)c1N(C(=O)OC(C)(C)C)c1nc2ccc(Br)cc2n2cncc12. The number of amides is 1. The normalized spacial score (nSPS) is 11.8. The summed E-state index contributed by atoms with van der Waals surface area (Å²) in [6.45, 7) is 7.36. The number of nitrogens with zero attached hydrogens (tertiary/aromatic N) is 4. The van der Waals surface area contributed by atoms with Crippen LogP contribution < -0.4 is 4.90 Å². The zero-order valence-electron chi connectivity index (χ0n) is 17.0. The monoisotopic (exact) mass is 486 g/mol. The second kappa shape index (κ2) is 7.56. The molecule has 0 saturated carbocycles. The first-order valence-electron chi connectivity index (χ1n) is 9.35. The third kappa shape index (κ3) is 3.75. The molecule has 0 radical (unpaired) electrons. The van der Waals surface area contributed by atoms with Gasteiger partial charge in [0.05, 0.1) is 34.3 Å². The van der Waals surface area contributed by atoms with E-state index in [4.69, 9.17) is 21.3 Å². The van der Waals surface area contributed by atoms with Gasteiger partial charge in [0.15, 0.2) is 5.82 Å². The van der Waals surface area contributed by atoms with Crippen LogP contribution in [0.15, 0.2) is 53.4 Å². The molecule has 0 atom stereocenters. The number of imidazole rings is 1. The van der Waals surface area contributed by atoms with Gasteiger partial charge in [-0.25, -0.2) is 19.7 Å². The quantitative estimate of drug-likeness (QED) is 0.316. The Labute approximate surface area is 187 Å². The largest absolute Gasteiger partial charge is 0.443 e. The van der Waals surface area contributed by atoms with Gasteiger partial charge in [-0.15, -0.1) is 0 Å². The molecule has 8 heteroatoms. The number of halogens is 2. The summed E-state index contributed by atoms with van der Waals surface area (Å²) in [6, 6.07) is 11.2. The van der Waals surface area contributed by atoms with E-state index in [9.17, 15) is 4.79 Å². The zero-order valence-corrected chi connectivity index (χ0v) is 19.3. The van der Waals surface area contributed by atoms with Gasteiger partial charge in [-0.2, -0.15) is 0 Å². The molecule has 6 nitrogen and oxygen atoms in total. The second-order valence-electron chi connectivity index (χ2n) is 7.94. The molecule has 0 aliphatic rings. The number of benzene rings is 2. The van der Waals surface area contributed by atoms with Gasteiger partial charge in [0.25, 0.3) is 0 Å². The molecule has 154 valence electrons. The van der Waals surface area contributed by atoms with Crippen molar-refractivity contribution in [3.05, 3.63) is 64.0 Å². The minimum absolute atomic E-state index is 0.396. The topological polar surface area (TPSA) is 59.7 Å². The van der Waals surface area contributed by atoms with Crippen LogP contribution in [0.3, 0.4) is 0 Å². The molecule has 2 heterocycles. The van der Waals surface area contributed by atoms with Crippen LogP contribution in [0.25, 0.3) is 16.6 Å². The molecule has 0 bridgehead atoms. The van der Waals surface area contributed by atoms with E-state index in [-0.39, 0.29) is 0 Å². The number of carbonyl (C=O) groups excluding carboxylic acids is 1. The Morgan fingerprint density at radius 2 is 1.97 bits per heavy atom. The summed E-state index contributed by atoms with van der Waals surface area (Å²) in [6.07, 6.45) is 2.81. The van der Waals surface area contributed by atoms with Gasteiger partial charge in [-0.1, -0.05) is 39.7 Å². The highest BCUT2D eigenvalue weighted by molar-refractivity contribution is 9.10. The first kappa shape index (κ1) is 20.6. The highest BCUT2D eigenvalue weighted by Gasteiger charge is 2.30. The molecule has 0 unspecified atom stereocenters. The number of hydrogen-bond donors (Lipinski definition) is 0. The lowest BCUT2D eigenvalue weighted by molar-refractivity contribution is 0.0598. The van der Waals surface area contributed by atoms with Crippen molar-refractivity contribution < 1.29 is 9.53 Å². The van der Waals surface area contributed by atoms with Crippen molar-refractivity contribution in [2.24, 2.45) is 0 Å². The molecule has 0 aliphatic heterocycles. The molecule has 0 aliphatic carbocycles. The number of aromatic nitrogens is 3. The lowest BCUT2D eigenvalue weighted by Gasteiger charge is -2.29. The summed E-state index contributed by atoms with van der Waals surface area (Å²) in [5, 5.41) is 0.427. The number of anilines is 2. The fraction of sp³-hybridized carbons (Fsp3) is 0.227. The highest BCUT2D eigenvalue weighted by Crippen LogP contribution is 2.38. The van der Waals surface area contributed by atoms with Crippen molar-refractivity contribution >= 4 is 61.7 Å². The molecule has 0 spiro atoms. The molecule has 0 fully saturated rings. The Bertz CT molecular complexity index is 1260. The number of rotatable bonds is 2. The van der Waals surface area contributed by atoms with Gasteiger partial charge in [0, 0.05) is 4.47 Å². The Morgan fingerprint density at radius 1 is 1.20 bits per heavy atom. The minimum atomic E-state index is -0.692. The summed E-state index contributed by atoms with van der Waals surface area (Å²) in [4.78, 5) is 23.9. The van der Waals surface area contributed by atoms with Crippen molar-refractivity contribution in [1.82, 2.24) is 14.4 Å². The smallest absolute Gasteiger partial charge is 0.420 e. The summed E-state index contributed by atoms with van der Waals surface area (Å²) in [5.41, 5.74) is 2.88. The van der Waals surface area contributed by atoms with Crippen LogP contribution in [0.1, 0.15) is 26.3 Å². The van der Waals surface area contributed by atoms with Gasteiger partial charge in [-0.05, 0) is 57.5 Å². The maximum Gasteiger partial charge on any atom is 0.420 e. The first-order chi connectivity index (χ1) is 14.2. The van der Waals surface area contributed by atoms with Crippen molar-refractivity contribution in [3.63, 3.8) is 0 Å². The second-order valence-corrected chi connectivity index (χ2v) is 9.26. The summed E-state index contributed by atoms with van der Waals surface area (Å²) < 4.78 is 8.54. The molecule has 2 aromatic carbocycles. The fourth-order valence-corrected chi connectivity index (χ4v) is 3.93. The predicted octanol–water partition coefficient (Wildman–Crippen LogP) is 6.68. The maximum absolute atomic E-state index is 13.4. The third-order valence-corrected chi connectivity index (χ3v) is 5.29. The average Bonchev–Trinajstić information content (AvgIpc) is 3.13. The van der Waals surface area contributed by atoms with E-state index in [0.29, 0.717) is 27.6 Å². The predicted molar refractivity (Wildman–Crippen MR) is 123 cm³/mol. The summed E-state index contributed by atoms with van der Waals surface area (Å²) in [5.74, 6) is 0.396. The van der Waals surface area contributed by atoms with Crippen LogP contribution in [-0.2, 0) is 4.74 Å². The number of fused-ring (bicyclic) bond motifs is 3. The summed E-state index contributed by atoms with van der Waals surface area (Å²) in [7, 11) is 0. The van der Waals surface area contributed by atoms with Crippen LogP contribution in [0.4, 0.5) is 16.3 Å². The Kier molecular flexibility index (Phi) is 5.20. The molecule has 0 N–H and O–H groups in total. The van der Waals surface area contributed by atoms with E-state index in [2.05, 4.69) is 20.9 Å².